The number of nitrogens with zero attached hydrogens (tertiary/aromatic N) is 3. The van der Waals surface area contributed by atoms with Crippen molar-refractivity contribution in [3.05, 3.63) is 89.2 Å². The molecule has 6 rings (SSSR count). The number of rotatable bonds is 12. The quantitative estimate of drug-likeness (QED) is 0.0793. The Morgan fingerprint density at radius 1 is 0.840 bits per heavy atom. The molecule has 50 heavy (non-hydrogen) atoms. The van der Waals surface area contributed by atoms with Gasteiger partial charge in [0.15, 0.2) is 6.61 Å². The van der Waals surface area contributed by atoms with Gasteiger partial charge in [-0.05, 0) is 97.8 Å². The first-order valence-corrected chi connectivity index (χ1v) is 16.3. The maximum absolute atomic E-state index is 13.1. The predicted molar refractivity (Wildman–Crippen MR) is 180 cm³/mol. The topological polar surface area (TPSA) is 142 Å². The van der Waals surface area contributed by atoms with Crippen LogP contribution >= 0.6 is 11.6 Å². The SMILES string of the molecule is O=C(Nc1ccc(F)cc1)C(=O)NC1CCCC1CNc1ccc(Nc2nc(NC3(c4ccc(Cl)cc4)CC3)nc(OCC(F)(F)F)n2)cc1. The van der Waals surface area contributed by atoms with E-state index < -0.39 is 42.0 Å². The number of halogens is 5. The Bertz CT molecular complexity index is 1810. The van der Waals surface area contributed by atoms with Crippen molar-refractivity contribution in [2.45, 2.75) is 49.9 Å². The average molecular weight is 713 g/mol. The summed E-state index contributed by atoms with van der Waals surface area (Å²) < 4.78 is 56.8. The summed E-state index contributed by atoms with van der Waals surface area (Å²) >= 11 is 6.04. The van der Waals surface area contributed by atoms with Crippen LogP contribution in [0.1, 0.15) is 37.7 Å². The third-order valence-electron chi connectivity index (χ3n) is 8.47. The number of anilines is 5. The Hall–Kier alpha value is -5.18. The molecule has 0 spiro atoms. The van der Waals surface area contributed by atoms with Crippen LogP contribution in [0.4, 0.5) is 46.5 Å². The zero-order valence-electron chi connectivity index (χ0n) is 26.5. The standard InChI is InChI=1S/C34H33ClF4N8O3/c35-22-6-4-21(5-7-22)33(16-17-33)47-31-44-30(45-32(46-31)50-19-34(37,38)39)42-26-14-12-24(13-15-26)40-18-20-2-1-3-27(20)43-29(49)28(48)41-25-10-8-23(36)9-11-25/h4-15,20,27,40H,1-3,16-19H2,(H,41,48)(H,43,49)(H2,42,44,45,46,47). The van der Waals surface area contributed by atoms with Crippen LogP contribution in [0, 0.1) is 11.7 Å². The third-order valence-corrected chi connectivity index (χ3v) is 8.72. The second-order valence-electron chi connectivity index (χ2n) is 12.2. The van der Waals surface area contributed by atoms with Gasteiger partial charge in [-0.25, -0.2) is 4.39 Å². The molecule has 2 amide bonds. The number of ether oxygens (including phenoxy) is 1. The molecule has 0 bridgehead atoms. The van der Waals surface area contributed by atoms with E-state index >= 15 is 0 Å². The van der Waals surface area contributed by atoms with E-state index in [1.165, 1.54) is 24.3 Å². The molecule has 1 heterocycles. The highest BCUT2D eigenvalue weighted by Crippen LogP contribution is 2.48. The molecule has 5 N–H and O–H groups in total. The van der Waals surface area contributed by atoms with E-state index in [2.05, 4.69) is 41.5 Å². The highest BCUT2D eigenvalue weighted by Gasteiger charge is 2.45. The molecule has 0 saturated heterocycles. The summed E-state index contributed by atoms with van der Waals surface area (Å²) in [5.74, 6) is -1.93. The summed E-state index contributed by atoms with van der Waals surface area (Å²) in [6, 6.07) is 18.8. The average Bonchev–Trinajstić information content (AvgIpc) is 3.73. The van der Waals surface area contributed by atoms with Crippen LogP contribution in [-0.2, 0) is 15.1 Å². The molecule has 2 atom stereocenters. The van der Waals surface area contributed by atoms with Gasteiger partial charge in [-0.3, -0.25) is 9.59 Å². The number of alkyl halides is 3. The number of aromatic nitrogens is 3. The fraction of sp³-hybridized carbons (Fsp3) is 0.324. The lowest BCUT2D eigenvalue weighted by Gasteiger charge is -2.22. The molecule has 2 aliphatic rings. The van der Waals surface area contributed by atoms with E-state index in [-0.39, 0.29) is 23.9 Å². The summed E-state index contributed by atoms with van der Waals surface area (Å²) in [6.07, 6.45) is -0.595. The fourth-order valence-electron chi connectivity index (χ4n) is 5.75. The van der Waals surface area contributed by atoms with E-state index in [0.717, 1.165) is 43.4 Å². The lowest BCUT2D eigenvalue weighted by molar-refractivity contribution is -0.154. The Morgan fingerprint density at radius 2 is 1.50 bits per heavy atom. The zero-order valence-corrected chi connectivity index (χ0v) is 27.2. The van der Waals surface area contributed by atoms with Gasteiger partial charge in [0, 0.05) is 34.7 Å². The number of hydrogen-bond acceptors (Lipinski definition) is 9. The van der Waals surface area contributed by atoms with Gasteiger partial charge in [0.25, 0.3) is 0 Å². The third kappa shape index (κ3) is 9.28. The molecule has 1 aromatic heterocycles. The lowest BCUT2D eigenvalue weighted by Crippen LogP contribution is -2.44. The molecular weight excluding hydrogens is 680 g/mol. The van der Waals surface area contributed by atoms with Gasteiger partial charge in [0.05, 0.1) is 5.54 Å². The summed E-state index contributed by atoms with van der Waals surface area (Å²) in [7, 11) is 0. The maximum atomic E-state index is 13.1. The van der Waals surface area contributed by atoms with E-state index in [1.54, 1.807) is 24.3 Å². The van der Waals surface area contributed by atoms with Crippen molar-refractivity contribution in [3.63, 3.8) is 0 Å². The molecule has 2 fully saturated rings. The molecule has 16 heteroatoms. The first kappa shape index (κ1) is 34.7. The summed E-state index contributed by atoms with van der Waals surface area (Å²) in [6.45, 7) is -1.03. The first-order valence-electron chi connectivity index (χ1n) is 15.9. The van der Waals surface area contributed by atoms with Crippen molar-refractivity contribution in [2.75, 3.05) is 34.4 Å². The van der Waals surface area contributed by atoms with Crippen LogP contribution in [-0.4, -0.2) is 52.1 Å². The Kier molecular flexibility index (Phi) is 10.2. The minimum absolute atomic E-state index is 0.0136. The van der Waals surface area contributed by atoms with Crippen molar-refractivity contribution in [2.24, 2.45) is 5.92 Å². The van der Waals surface area contributed by atoms with Gasteiger partial charge in [0.1, 0.15) is 5.82 Å². The molecule has 3 aromatic carbocycles. The molecule has 0 radical (unpaired) electrons. The predicted octanol–water partition coefficient (Wildman–Crippen LogP) is 6.79. The van der Waals surface area contributed by atoms with Gasteiger partial charge >= 0.3 is 24.0 Å². The Balaban J connectivity index is 1.06. The largest absolute Gasteiger partial charge is 0.454 e. The van der Waals surface area contributed by atoms with Gasteiger partial charge in [-0.1, -0.05) is 30.2 Å². The number of hydrogen-bond donors (Lipinski definition) is 5. The number of carbonyl (C=O) groups is 2. The van der Waals surface area contributed by atoms with E-state index in [4.69, 9.17) is 16.3 Å². The molecule has 2 unspecified atom stereocenters. The van der Waals surface area contributed by atoms with Gasteiger partial charge in [-0.2, -0.15) is 28.1 Å². The van der Waals surface area contributed by atoms with Gasteiger partial charge in [0.2, 0.25) is 11.9 Å². The number of carbonyl (C=O) groups excluding carboxylic acids is 2. The molecule has 11 nitrogen and oxygen atoms in total. The minimum atomic E-state index is -4.58. The highest BCUT2D eigenvalue weighted by molar-refractivity contribution is 6.39. The number of amides is 2. The molecular formula is C34H33ClF4N8O3. The highest BCUT2D eigenvalue weighted by atomic mass is 35.5. The Labute approximate surface area is 289 Å². The van der Waals surface area contributed by atoms with Crippen LogP contribution in [0.2, 0.25) is 5.02 Å². The number of benzene rings is 3. The van der Waals surface area contributed by atoms with Crippen LogP contribution in [0.15, 0.2) is 72.8 Å². The molecule has 2 saturated carbocycles. The summed E-state index contributed by atoms with van der Waals surface area (Å²) in [5.41, 5.74) is 2.11. The van der Waals surface area contributed by atoms with E-state index in [0.29, 0.717) is 22.9 Å². The maximum Gasteiger partial charge on any atom is 0.422 e. The Morgan fingerprint density at radius 3 is 2.18 bits per heavy atom. The number of nitrogens with one attached hydrogen (secondary N) is 5. The monoisotopic (exact) mass is 712 g/mol. The van der Waals surface area contributed by atoms with Crippen molar-refractivity contribution in [1.82, 2.24) is 20.3 Å². The smallest absolute Gasteiger partial charge is 0.422 e. The van der Waals surface area contributed by atoms with Crippen molar-refractivity contribution < 1.29 is 31.9 Å². The minimum Gasteiger partial charge on any atom is -0.454 e. The second-order valence-corrected chi connectivity index (χ2v) is 12.6. The normalized spacial score (nSPS) is 17.8. The molecule has 262 valence electrons. The van der Waals surface area contributed by atoms with Crippen LogP contribution in [0.25, 0.3) is 0 Å². The van der Waals surface area contributed by atoms with Crippen LogP contribution in [0.3, 0.4) is 0 Å². The molecule has 2 aliphatic carbocycles. The molecule has 4 aromatic rings. The summed E-state index contributed by atoms with van der Waals surface area (Å²) in [5, 5.41) is 15.5. The van der Waals surface area contributed by atoms with E-state index in [9.17, 15) is 27.2 Å². The van der Waals surface area contributed by atoms with Crippen molar-refractivity contribution in [1.29, 1.82) is 0 Å². The van der Waals surface area contributed by atoms with Crippen molar-refractivity contribution in [3.8, 4) is 6.01 Å². The molecule has 0 aliphatic heterocycles. The summed E-state index contributed by atoms with van der Waals surface area (Å²) in [4.78, 5) is 37.4. The van der Waals surface area contributed by atoms with Crippen LogP contribution < -0.4 is 31.3 Å². The van der Waals surface area contributed by atoms with E-state index in [1.807, 2.05) is 24.3 Å². The lowest BCUT2D eigenvalue weighted by atomic mass is 10.0. The van der Waals surface area contributed by atoms with Crippen molar-refractivity contribution >= 4 is 52.4 Å². The van der Waals surface area contributed by atoms with Crippen LogP contribution in [0.5, 0.6) is 6.01 Å². The van der Waals surface area contributed by atoms with Gasteiger partial charge < -0.3 is 31.3 Å². The van der Waals surface area contributed by atoms with Gasteiger partial charge in [-0.15, -0.1) is 0 Å². The fourth-order valence-corrected chi connectivity index (χ4v) is 5.87. The first-order chi connectivity index (χ1) is 23.9. The second kappa shape index (κ2) is 14.7. The zero-order chi connectivity index (χ0) is 35.3.